The lowest BCUT2D eigenvalue weighted by Crippen LogP contribution is -2.26. The van der Waals surface area contributed by atoms with Gasteiger partial charge in [-0.3, -0.25) is 4.79 Å². The maximum atomic E-state index is 11.8. The Labute approximate surface area is 122 Å². The van der Waals surface area contributed by atoms with Crippen molar-refractivity contribution in [2.24, 2.45) is 5.73 Å². The van der Waals surface area contributed by atoms with Gasteiger partial charge in [-0.15, -0.1) is 0 Å². The van der Waals surface area contributed by atoms with Gasteiger partial charge in [0.05, 0.1) is 6.04 Å². The molecule has 0 spiro atoms. The minimum absolute atomic E-state index is 0.0621. The summed E-state index contributed by atoms with van der Waals surface area (Å²) in [6.45, 7) is 0. The smallest absolute Gasteiger partial charge is 0.292 e. The Morgan fingerprint density at radius 2 is 2.14 bits per heavy atom. The highest BCUT2D eigenvalue weighted by Gasteiger charge is 2.26. The van der Waals surface area contributed by atoms with Crippen molar-refractivity contribution in [2.75, 3.05) is 0 Å². The maximum absolute atomic E-state index is 11.8. The van der Waals surface area contributed by atoms with Crippen LogP contribution in [0.1, 0.15) is 47.4 Å². The van der Waals surface area contributed by atoms with Crippen molar-refractivity contribution in [3.05, 3.63) is 47.6 Å². The molecule has 110 valence electrons. The molecule has 1 aliphatic rings. The van der Waals surface area contributed by atoms with Gasteiger partial charge in [-0.25, -0.2) is 0 Å². The predicted octanol–water partition coefficient (Wildman–Crippen LogP) is 1.59. The van der Waals surface area contributed by atoms with Crippen LogP contribution in [0.5, 0.6) is 0 Å². The molecule has 1 heterocycles. The van der Waals surface area contributed by atoms with Gasteiger partial charge in [0, 0.05) is 6.04 Å². The van der Waals surface area contributed by atoms with E-state index in [0.717, 1.165) is 19.3 Å². The normalized spacial score (nSPS) is 15.7. The average Bonchev–Trinajstić information content (AvgIpc) is 3.18. The number of carbonyl (C=O) groups excluding carboxylic acids is 1. The van der Waals surface area contributed by atoms with Crippen LogP contribution < -0.4 is 11.1 Å². The number of carbonyl (C=O) groups is 1. The number of nitrogens with two attached hydrogens (primary N) is 1. The van der Waals surface area contributed by atoms with Crippen molar-refractivity contribution in [3.63, 3.8) is 0 Å². The van der Waals surface area contributed by atoms with Crippen LogP contribution >= 0.6 is 0 Å². The molecular weight excluding hydrogens is 268 g/mol. The molecule has 2 aromatic rings. The van der Waals surface area contributed by atoms with Crippen molar-refractivity contribution in [2.45, 2.75) is 37.8 Å². The summed E-state index contributed by atoms with van der Waals surface area (Å²) < 4.78 is 5.09. The molecule has 1 saturated carbocycles. The largest absolute Gasteiger partial charge is 0.346 e. The van der Waals surface area contributed by atoms with Crippen molar-refractivity contribution in [1.29, 1.82) is 0 Å². The fourth-order valence-electron chi connectivity index (χ4n) is 2.05. The summed E-state index contributed by atoms with van der Waals surface area (Å²) in [5.74, 6) is 0.0849. The zero-order valence-electron chi connectivity index (χ0n) is 11.7. The van der Waals surface area contributed by atoms with E-state index in [1.54, 1.807) is 0 Å². The van der Waals surface area contributed by atoms with E-state index in [4.69, 9.17) is 10.3 Å². The molecule has 0 saturated heterocycles. The van der Waals surface area contributed by atoms with Gasteiger partial charge in [-0.05, 0) is 31.2 Å². The van der Waals surface area contributed by atoms with Crippen molar-refractivity contribution >= 4 is 5.91 Å². The van der Waals surface area contributed by atoms with Gasteiger partial charge in [0.2, 0.25) is 5.89 Å². The van der Waals surface area contributed by atoms with Crippen LogP contribution in [0.2, 0.25) is 0 Å². The molecule has 21 heavy (non-hydrogen) atoms. The van der Waals surface area contributed by atoms with E-state index in [1.807, 2.05) is 18.2 Å². The average molecular weight is 286 g/mol. The molecule has 0 radical (unpaired) electrons. The van der Waals surface area contributed by atoms with Gasteiger partial charge in [0.15, 0.2) is 0 Å². The summed E-state index contributed by atoms with van der Waals surface area (Å²) in [5, 5.41) is 6.51. The standard InChI is InChI=1S/C15H18N4O2/c16-12(9-6-10-4-2-1-3-5-10)15-18-13(19-21-15)14(20)17-11-7-8-11/h1-5,11-12H,6-9,16H2,(H,17,20)/t12-/m0/s1. The topological polar surface area (TPSA) is 94.0 Å². The molecule has 1 aromatic heterocycles. The van der Waals surface area contributed by atoms with E-state index >= 15 is 0 Å². The van der Waals surface area contributed by atoms with Crippen LogP contribution in [-0.4, -0.2) is 22.1 Å². The second-order valence-electron chi connectivity index (χ2n) is 5.33. The van der Waals surface area contributed by atoms with Gasteiger partial charge in [-0.2, -0.15) is 4.98 Å². The Morgan fingerprint density at radius 3 is 2.86 bits per heavy atom. The summed E-state index contributed by atoms with van der Waals surface area (Å²) >= 11 is 0. The molecule has 1 aromatic carbocycles. The van der Waals surface area contributed by atoms with Crippen LogP contribution in [0, 0.1) is 0 Å². The first-order chi connectivity index (χ1) is 10.2. The minimum Gasteiger partial charge on any atom is -0.346 e. The number of nitrogens with zero attached hydrogens (tertiary/aromatic N) is 2. The monoisotopic (exact) mass is 286 g/mol. The number of hydrogen-bond acceptors (Lipinski definition) is 5. The fraction of sp³-hybridized carbons (Fsp3) is 0.400. The number of nitrogens with one attached hydrogen (secondary N) is 1. The SMILES string of the molecule is N[C@@H](CCc1ccccc1)c1nc(C(=O)NC2CC2)no1. The van der Waals surface area contributed by atoms with Gasteiger partial charge < -0.3 is 15.6 Å². The zero-order chi connectivity index (χ0) is 14.7. The molecule has 0 unspecified atom stereocenters. The highest BCUT2D eigenvalue weighted by Crippen LogP contribution is 2.19. The number of amides is 1. The highest BCUT2D eigenvalue weighted by atomic mass is 16.5. The van der Waals surface area contributed by atoms with Crippen LogP contribution in [0.15, 0.2) is 34.9 Å². The first kappa shape index (κ1) is 13.8. The molecule has 1 amide bonds. The van der Waals surface area contributed by atoms with Crippen LogP contribution in [0.4, 0.5) is 0 Å². The zero-order valence-corrected chi connectivity index (χ0v) is 11.7. The van der Waals surface area contributed by atoms with Crippen LogP contribution in [0.3, 0.4) is 0 Å². The van der Waals surface area contributed by atoms with E-state index < -0.39 is 0 Å². The van der Waals surface area contributed by atoms with Crippen LogP contribution in [0.25, 0.3) is 0 Å². The van der Waals surface area contributed by atoms with Crippen molar-refractivity contribution < 1.29 is 9.32 Å². The lowest BCUT2D eigenvalue weighted by Gasteiger charge is -2.06. The molecule has 0 aliphatic heterocycles. The van der Waals surface area contributed by atoms with Gasteiger partial charge in [0.25, 0.3) is 11.7 Å². The number of benzene rings is 1. The number of rotatable bonds is 6. The third-order valence-electron chi connectivity index (χ3n) is 3.46. The van der Waals surface area contributed by atoms with E-state index in [9.17, 15) is 4.79 Å². The first-order valence-electron chi connectivity index (χ1n) is 7.16. The molecule has 3 rings (SSSR count). The molecule has 0 bridgehead atoms. The lowest BCUT2D eigenvalue weighted by atomic mass is 10.1. The van der Waals surface area contributed by atoms with E-state index in [0.29, 0.717) is 12.3 Å². The number of aryl methyl sites for hydroxylation is 1. The lowest BCUT2D eigenvalue weighted by molar-refractivity contribution is 0.0937. The third kappa shape index (κ3) is 3.66. The predicted molar refractivity (Wildman–Crippen MR) is 76.5 cm³/mol. The second kappa shape index (κ2) is 6.05. The summed E-state index contributed by atoms with van der Waals surface area (Å²) in [7, 11) is 0. The van der Waals surface area contributed by atoms with Gasteiger partial charge in [0.1, 0.15) is 0 Å². The van der Waals surface area contributed by atoms with E-state index in [-0.39, 0.29) is 23.8 Å². The summed E-state index contributed by atoms with van der Waals surface area (Å²) in [6, 6.07) is 9.98. The molecule has 6 nitrogen and oxygen atoms in total. The second-order valence-corrected chi connectivity index (χ2v) is 5.33. The molecule has 1 aliphatic carbocycles. The Bertz CT molecular complexity index is 607. The molecule has 6 heteroatoms. The number of aromatic nitrogens is 2. The Balaban J connectivity index is 1.55. The first-order valence-corrected chi connectivity index (χ1v) is 7.16. The fourth-order valence-corrected chi connectivity index (χ4v) is 2.05. The van der Waals surface area contributed by atoms with Gasteiger partial charge >= 0.3 is 0 Å². The quantitative estimate of drug-likeness (QED) is 0.841. The van der Waals surface area contributed by atoms with Crippen LogP contribution in [-0.2, 0) is 6.42 Å². The summed E-state index contributed by atoms with van der Waals surface area (Å²) in [5.41, 5.74) is 7.25. The molecule has 1 atom stereocenters. The minimum atomic E-state index is -0.361. The molecular formula is C15H18N4O2. The highest BCUT2D eigenvalue weighted by molar-refractivity contribution is 5.90. The Morgan fingerprint density at radius 1 is 1.38 bits per heavy atom. The number of hydrogen-bond donors (Lipinski definition) is 2. The molecule has 3 N–H and O–H groups in total. The van der Waals surface area contributed by atoms with Crippen molar-refractivity contribution in [1.82, 2.24) is 15.5 Å². The molecule has 1 fully saturated rings. The summed E-state index contributed by atoms with van der Waals surface area (Å²) in [6.07, 6.45) is 3.56. The van der Waals surface area contributed by atoms with Crippen molar-refractivity contribution in [3.8, 4) is 0 Å². The Hall–Kier alpha value is -2.21. The van der Waals surface area contributed by atoms with Gasteiger partial charge in [-0.1, -0.05) is 35.5 Å². The van der Waals surface area contributed by atoms with E-state index in [2.05, 4.69) is 27.6 Å². The maximum Gasteiger partial charge on any atom is 0.292 e. The van der Waals surface area contributed by atoms with E-state index in [1.165, 1.54) is 5.56 Å². The third-order valence-corrected chi connectivity index (χ3v) is 3.46. The Kier molecular flexibility index (Phi) is 3.96. The summed E-state index contributed by atoms with van der Waals surface area (Å²) in [4.78, 5) is 15.9.